The molecule has 0 saturated carbocycles. The van der Waals surface area contributed by atoms with Crippen LogP contribution in [0.25, 0.3) is 0 Å². The van der Waals surface area contributed by atoms with Crippen molar-refractivity contribution in [3.05, 3.63) is 33.8 Å². The number of nitrogens with one attached hydrogen (secondary N) is 1. The van der Waals surface area contributed by atoms with Crippen LogP contribution in [0.15, 0.2) is 22.7 Å². The number of hydrogen-bond donors (Lipinski definition) is 0. The third kappa shape index (κ3) is 2.45. The maximum atomic E-state index is 12.3. The molecule has 0 unspecified atom stereocenters. The van der Waals surface area contributed by atoms with Crippen molar-refractivity contribution in [1.82, 2.24) is 5.73 Å². The Morgan fingerprint density at radius 3 is 2.38 bits per heavy atom. The molecule has 0 heterocycles. The van der Waals surface area contributed by atoms with Crippen LogP contribution in [0.1, 0.15) is 11.1 Å². The zero-order valence-electron chi connectivity index (χ0n) is 6.45. The van der Waals surface area contributed by atoms with Crippen LogP contribution in [0.2, 0.25) is 0 Å². The maximum absolute atomic E-state index is 12.3. The molecule has 0 saturated heterocycles. The molecule has 1 aromatic carbocycles. The molecule has 1 radical (unpaired) electrons. The molecule has 0 aliphatic carbocycles. The SMILES string of the molecule is [NH]Cc1ccc(Br)c(C(F)(F)F)c1. The third-order valence-corrected chi connectivity index (χ3v) is 2.23. The lowest BCUT2D eigenvalue weighted by Gasteiger charge is -2.09. The van der Waals surface area contributed by atoms with Crippen molar-refractivity contribution >= 4 is 15.9 Å². The Kier molecular flexibility index (Phi) is 2.98. The molecule has 0 aromatic heterocycles. The van der Waals surface area contributed by atoms with Gasteiger partial charge < -0.3 is 0 Å². The summed E-state index contributed by atoms with van der Waals surface area (Å²) in [6.45, 7) is -0.143. The Labute approximate surface area is 81.9 Å². The van der Waals surface area contributed by atoms with Crippen LogP contribution in [0.5, 0.6) is 0 Å². The molecule has 1 rings (SSSR count). The topological polar surface area (TPSA) is 23.8 Å². The van der Waals surface area contributed by atoms with E-state index < -0.39 is 11.7 Å². The number of rotatable bonds is 1. The molecule has 1 aromatic rings. The summed E-state index contributed by atoms with van der Waals surface area (Å²) in [5, 5.41) is 0. The molecular weight excluding hydrogens is 247 g/mol. The highest BCUT2D eigenvalue weighted by Gasteiger charge is 2.32. The van der Waals surface area contributed by atoms with Crippen LogP contribution in [-0.4, -0.2) is 0 Å². The van der Waals surface area contributed by atoms with E-state index in [-0.39, 0.29) is 11.0 Å². The Balaban J connectivity index is 3.19. The zero-order valence-corrected chi connectivity index (χ0v) is 8.04. The van der Waals surface area contributed by atoms with Crippen LogP contribution >= 0.6 is 15.9 Å². The van der Waals surface area contributed by atoms with Gasteiger partial charge in [-0.05, 0) is 17.7 Å². The van der Waals surface area contributed by atoms with E-state index in [9.17, 15) is 13.2 Å². The third-order valence-electron chi connectivity index (χ3n) is 1.54. The van der Waals surface area contributed by atoms with Gasteiger partial charge in [-0.15, -0.1) is 0 Å². The Hall–Kier alpha value is -0.550. The predicted molar refractivity (Wildman–Crippen MR) is 45.9 cm³/mol. The molecule has 0 spiro atoms. The molecule has 13 heavy (non-hydrogen) atoms. The van der Waals surface area contributed by atoms with E-state index in [0.717, 1.165) is 6.07 Å². The average Bonchev–Trinajstić information content (AvgIpc) is 2.03. The van der Waals surface area contributed by atoms with Crippen LogP contribution in [0.3, 0.4) is 0 Å². The van der Waals surface area contributed by atoms with Gasteiger partial charge >= 0.3 is 6.18 Å². The summed E-state index contributed by atoms with van der Waals surface area (Å²) < 4.78 is 36.8. The van der Waals surface area contributed by atoms with E-state index in [0.29, 0.717) is 5.56 Å². The van der Waals surface area contributed by atoms with Gasteiger partial charge in [-0.2, -0.15) is 13.2 Å². The van der Waals surface area contributed by atoms with Crippen molar-refractivity contribution in [3.8, 4) is 0 Å². The molecule has 1 N–H and O–H groups in total. The van der Waals surface area contributed by atoms with E-state index in [1.54, 1.807) is 0 Å². The number of alkyl halides is 3. The first-order valence-corrected chi connectivity index (χ1v) is 4.24. The van der Waals surface area contributed by atoms with Crippen molar-refractivity contribution in [1.29, 1.82) is 0 Å². The molecule has 1 nitrogen and oxygen atoms in total. The number of benzene rings is 1. The summed E-state index contributed by atoms with van der Waals surface area (Å²) in [6.07, 6.45) is -4.36. The normalized spacial score (nSPS) is 11.8. The fraction of sp³-hybridized carbons (Fsp3) is 0.250. The fourth-order valence-electron chi connectivity index (χ4n) is 0.900. The summed E-state index contributed by atoms with van der Waals surface area (Å²) in [6, 6.07) is 3.79. The van der Waals surface area contributed by atoms with Crippen LogP contribution in [0, 0.1) is 0 Å². The van der Waals surface area contributed by atoms with Gasteiger partial charge in [0.1, 0.15) is 0 Å². The first-order chi connectivity index (χ1) is 5.95. The van der Waals surface area contributed by atoms with E-state index in [1.807, 2.05) is 0 Å². The molecule has 0 aliphatic heterocycles. The standard InChI is InChI=1S/C8H6BrF3N/c9-7-2-1-5(4-13)3-6(7)8(10,11)12/h1-3,13H,4H2. The van der Waals surface area contributed by atoms with Crippen molar-refractivity contribution in [3.63, 3.8) is 0 Å². The number of hydrogen-bond acceptors (Lipinski definition) is 0. The van der Waals surface area contributed by atoms with E-state index in [4.69, 9.17) is 5.73 Å². The largest absolute Gasteiger partial charge is 0.417 e. The monoisotopic (exact) mass is 252 g/mol. The Morgan fingerprint density at radius 1 is 1.31 bits per heavy atom. The second-order valence-electron chi connectivity index (χ2n) is 2.49. The Bertz CT molecular complexity index is 309. The van der Waals surface area contributed by atoms with Crippen molar-refractivity contribution < 1.29 is 13.2 Å². The number of halogens is 4. The fourth-order valence-corrected chi connectivity index (χ4v) is 1.37. The van der Waals surface area contributed by atoms with Gasteiger partial charge in [0.05, 0.1) is 5.56 Å². The zero-order chi connectivity index (χ0) is 10.1. The minimum Gasteiger partial charge on any atom is -0.253 e. The van der Waals surface area contributed by atoms with Gasteiger partial charge in [-0.25, -0.2) is 0 Å². The first-order valence-electron chi connectivity index (χ1n) is 3.45. The van der Waals surface area contributed by atoms with Crippen molar-refractivity contribution in [2.75, 3.05) is 0 Å². The molecule has 5 heteroatoms. The molecule has 0 atom stereocenters. The smallest absolute Gasteiger partial charge is 0.253 e. The summed E-state index contributed by atoms with van der Waals surface area (Å²) in [4.78, 5) is 0. The first kappa shape index (κ1) is 10.5. The lowest BCUT2D eigenvalue weighted by molar-refractivity contribution is -0.138. The Morgan fingerprint density at radius 2 is 1.92 bits per heavy atom. The summed E-state index contributed by atoms with van der Waals surface area (Å²) in [5.74, 6) is 0. The highest BCUT2D eigenvalue weighted by atomic mass is 79.9. The van der Waals surface area contributed by atoms with Gasteiger partial charge in [-0.1, -0.05) is 22.0 Å². The van der Waals surface area contributed by atoms with Crippen LogP contribution in [0.4, 0.5) is 13.2 Å². The van der Waals surface area contributed by atoms with Crippen molar-refractivity contribution in [2.45, 2.75) is 12.7 Å². The summed E-state index contributed by atoms with van der Waals surface area (Å²) in [7, 11) is 0. The second-order valence-corrected chi connectivity index (χ2v) is 3.34. The van der Waals surface area contributed by atoms with E-state index in [1.165, 1.54) is 12.1 Å². The van der Waals surface area contributed by atoms with Crippen LogP contribution in [-0.2, 0) is 12.7 Å². The van der Waals surface area contributed by atoms with Crippen LogP contribution < -0.4 is 5.73 Å². The highest BCUT2D eigenvalue weighted by molar-refractivity contribution is 9.10. The average molecular weight is 253 g/mol. The molecule has 71 valence electrons. The summed E-state index contributed by atoms with van der Waals surface area (Å²) >= 11 is 2.81. The van der Waals surface area contributed by atoms with Gasteiger partial charge in [0, 0.05) is 11.0 Å². The molecule has 0 aliphatic rings. The highest BCUT2D eigenvalue weighted by Crippen LogP contribution is 2.35. The lowest BCUT2D eigenvalue weighted by Crippen LogP contribution is -2.06. The molecular formula is C8H6BrF3N. The maximum Gasteiger partial charge on any atom is 0.417 e. The minimum atomic E-state index is -4.36. The quantitative estimate of drug-likeness (QED) is 0.733. The van der Waals surface area contributed by atoms with Gasteiger partial charge in [-0.3, -0.25) is 5.73 Å². The second kappa shape index (κ2) is 3.67. The van der Waals surface area contributed by atoms with E-state index >= 15 is 0 Å². The van der Waals surface area contributed by atoms with Gasteiger partial charge in [0.2, 0.25) is 0 Å². The molecule has 0 amide bonds. The van der Waals surface area contributed by atoms with Gasteiger partial charge in [0.15, 0.2) is 0 Å². The predicted octanol–water partition coefficient (Wildman–Crippen LogP) is 3.25. The van der Waals surface area contributed by atoms with E-state index in [2.05, 4.69) is 15.9 Å². The van der Waals surface area contributed by atoms with Gasteiger partial charge in [0.25, 0.3) is 0 Å². The summed E-state index contributed by atoms with van der Waals surface area (Å²) in [5.41, 5.74) is 6.56. The lowest BCUT2D eigenvalue weighted by atomic mass is 10.1. The molecule has 0 fully saturated rings. The van der Waals surface area contributed by atoms with Crippen molar-refractivity contribution in [2.24, 2.45) is 0 Å². The molecule has 0 bridgehead atoms. The minimum absolute atomic E-state index is 0.0113.